The topological polar surface area (TPSA) is 69.6 Å². The van der Waals surface area contributed by atoms with Crippen LogP contribution < -0.4 is 9.80 Å². The van der Waals surface area contributed by atoms with E-state index in [0.29, 0.717) is 36.0 Å². The second-order valence-corrected chi connectivity index (χ2v) is 6.83. The molecule has 1 atom stereocenters. The van der Waals surface area contributed by atoms with Crippen LogP contribution in [0.2, 0.25) is 0 Å². The molecular formula is C20H20FN5O2. The predicted molar refractivity (Wildman–Crippen MR) is 104 cm³/mol. The van der Waals surface area contributed by atoms with Gasteiger partial charge < -0.3 is 9.80 Å². The lowest BCUT2D eigenvalue weighted by Crippen LogP contribution is -2.51. The van der Waals surface area contributed by atoms with Crippen LogP contribution in [-0.2, 0) is 4.79 Å². The van der Waals surface area contributed by atoms with Gasteiger partial charge in [0.25, 0.3) is 0 Å². The number of carbonyl (C=O) groups is 2. The van der Waals surface area contributed by atoms with E-state index in [1.54, 1.807) is 47.3 Å². The Morgan fingerprint density at radius 1 is 1.25 bits per heavy atom. The van der Waals surface area contributed by atoms with Gasteiger partial charge in [0.2, 0.25) is 0 Å². The molecule has 1 fully saturated rings. The fourth-order valence-corrected chi connectivity index (χ4v) is 3.52. The summed E-state index contributed by atoms with van der Waals surface area (Å²) in [6.45, 7) is 1.36. The Bertz CT molecular complexity index is 942. The lowest BCUT2D eigenvalue weighted by atomic mass is 10.2. The number of halogens is 1. The molecule has 0 bridgehead atoms. The first-order chi connectivity index (χ1) is 13.6. The molecule has 7 nitrogen and oxygen atoms in total. The quantitative estimate of drug-likeness (QED) is 0.765. The number of nitrogens with zero attached hydrogens (tertiary/aromatic N) is 5. The Morgan fingerprint density at radius 2 is 2.04 bits per heavy atom. The zero-order valence-corrected chi connectivity index (χ0v) is 15.5. The van der Waals surface area contributed by atoms with E-state index < -0.39 is 6.17 Å². The van der Waals surface area contributed by atoms with E-state index >= 15 is 0 Å². The monoisotopic (exact) mass is 381 g/mol. The lowest BCUT2D eigenvalue weighted by molar-refractivity contribution is -0.108. The SMILES string of the molecule is CN1c2cnc(/C=C/c3cccc(F)c3)nc2N(C(=O)N2CCCC2)C1C=O. The molecule has 8 heteroatoms. The van der Waals surface area contributed by atoms with E-state index in [4.69, 9.17) is 0 Å². The van der Waals surface area contributed by atoms with E-state index in [1.165, 1.54) is 17.0 Å². The average Bonchev–Trinajstić information content (AvgIpc) is 3.32. The first kappa shape index (κ1) is 18.1. The first-order valence-corrected chi connectivity index (χ1v) is 9.15. The van der Waals surface area contributed by atoms with Crippen LogP contribution in [0.25, 0.3) is 12.2 Å². The minimum Gasteiger partial charge on any atom is -0.344 e. The summed E-state index contributed by atoms with van der Waals surface area (Å²) in [5, 5.41) is 0. The van der Waals surface area contributed by atoms with E-state index in [1.807, 2.05) is 0 Å². The molecule has 0 N–H and O–H groups in total. The Kier molecular flexibility index (Phi) is 4.77. The fraction of sp³-hybridized carbons (Fsp3) is 0.300. The Hall–Kier alpha value is -3.29. The summed E-state index contributed by atoms with van der Waals surface area (Å²) in [6, 6.07) is 5.95. The van der Waals surface area contributed by atoms with E-state index in [-0.39, 0.29) is 11.8 Å². The Balaban J connectivity index is 1.67. The molecule has 2 amide bonds. The molecular weight excluding hydrogens is 361 g/mol. The predicted octanol–water partition coefficient (Wildman–Crippen LogP) is 2.78. The molecule has 1 aromatic heterocycles. The minimum absolute atomic E-state index is 0.223. The number of aromatic nitrogens is 2. The zero-order chi connectivity index (χ0) is 19.7. The maximum atomic E-state index is 13.3. The van der Waals surface area contributed by atoms with E-state index in [2.05, 4.69) is 9.97 Å². The second-order valence-electron chi connectivity index (χ2n) is 6.83. The van der Waals surface area contributed by atoms with Crippen LogP contribution in [0.15, 0.2) is 30.5 Å². The third-order valence-electron chi connectivity index (χ3n) is 5.02. The third-order valence-corrected chi connectivity index (χ3v) is 5.02. The van der Waals surface area contributed by atoms with Gasteiger partial charge in [0.1, 0.15) is 11.5 Å². The normalized spacial score (nSPS) is 18.8. The molecule has 2 aliphatic heterocycles. The van der Waals surface area contributed by atoms with Crippen molar-refractivity contribution in [2.75, 3.05) is 29.9 Å². The van der Waals surface area contributed by atoms with Crippen LogP contribution in [-0.4, -0.2) is 53.5 Å². The number of carbonyl (C=O) groups excluding carboxylic acids is 2. The highest BCUT2D eigenvalue weighted by molar-refractivity contribution is 6.02. The molecule has 0 saturated carbocycles. The number of amides is 2. The number of benzene rings is 1. The number of likely N-dealkylation sites (N-methyl/N-ethyl adjacent to an activating group) is 1. The van der Waals surface area contributed by atoms with Gasteiger partial charge in [-0.3, -0.25) is 4.79 Å². The smallest absolute Gasteiger partial charge is 0.327 e. The Labute approximate surface area is 162 Å². The summed E-state index contributed by atoms with van der Waals surface area (Å²) in [5.41, 5.74) is 1.30. The van der Waals surface area contributed by atoms with Gasteiger partial charge in [-0.15, -0.1) is 0 Å². The highest BCUT2D eigenvalue weighted by Gasteiger charge is 2.41. The van der Waals surface area contributed by atoms with Crippen LogP contribution in [0.4, 0.5) is 20.7 Å². The molecule has 4 rings (SSSR count). The molecule has 1 saturated heterocycles. The number of aldehydes is 1. The first-order valence-electron chi connectivity index (χ1n) is 9.15. The molecule has 1 unspecified atom stereocenters. The van der Waals surface area contributed by atoms with E-state index in [9.17, 15) is 14.0 Å². The van der Waals surface area contributed by atoms with Gasteiger partial charge in [0.15, 0.2) is 24.1 Å². The van der Waals surface area contributed by atoms with Crippen molar-refractivity contribution in [1.29, 1.82) is 0 Å². The number of likely N-dealkylation sites (tertiary alicyclic amines) is 1. The van der Waals surface area contributed by atoms with Crippen LogP contribution >= 0.6 is 0 Å². The second kappa shape index (κ2) is 7.38. The van der Waals surface area contributed by atoms with Crippen molar-refractivity contribution in [3.8, 4) is 0 Å². The summed E-state index contributed by atoms with van der Waals surface area (Å²) in [5.74, 6) is 0.461. The van der Waals surface area contributed by atoms with Gasteiger partial charge in [0, 0.05) is 20.1 Å². The highest BCUT2D eigenvalue weighted by atomic mass is 19.1. The number of anilines is 2. The van der Waals surface area contributed by atoms with Gasteiger partial charge in [-0.1, -0.05) is 18.2 Å². The van der Waals surface area contributed by atoms with Crippen molar-refractivity contribution in [1.82, 2.24) is 14.9 Å². The number of urea groups is 1. The maximum absolute atomic E-state index is 13.3. The largest absolute Gasteiger partial charge is 0.344 e. The molecule has 2 aliphatic rings. The number of hydrogen-bond acceptors (Lipinski definition) is 5. The average molecular weight is 381 g/mol. The molecule has 1 aromatic carbocycles. The lowest BCUT2D eigenvalue weighted by Gasteiger charge is -2.28. The van der Waals surface area contributed by atoms with Crippen LogP contribution in [0, 0.1) is 5.82 Å². The minimum atomic E-state index is -0.750. The Morgan fingerprint density at radius 3 is 2.75 bits per heavy atom. The van der Waals surface area contributed by atoms with Gasteiger partial charge >= 0.3 is 6.03 Å². The number of hydrogen-bond donors (Lipinski definition) is 0. The van der Waals surface area contributed by atoms with Crippen molar-refractivity contribution < 1.29 is 14.0 Å². The number of fused-ring (bicyclic) bond motifs is 1. The molecule has 0 aliphatic carbocycles. The van der Waals surface area contributed by atoms with E-state index in [0.717, 1.165) is 19.1 Å². The summed E-state index contributed by atoms with van der Waals surface area (Å²) >= 11 is 0. The van der Waals surface area contributed by atoms with Crippen molar-refractivity contribution >= 4 is 36.0 Å². The van der Waals surface area contributed by atoms with Crippen molar-refractivity contribution in [2.24, 2.45) is 0 Å². The van der Waals surface area contributed by atoms with Crippen molar-refractivity contribution in [3.63, 3.8) is 0 Å². The maximum Gasteiger partial charge on any atom is 0.327 e. The summed E-state index contributed by atoms with van der Waals surface area (Å²) in [4.78, 5) is 38.3. The van der Waals surface area contributed by atoms with Crippen molar-refractivity contribution in [3.05, 3.63) is 47.7 Å². The molecule has 144 valence electrons. The van der Waals surface area contributed by atoms with Crippen LogP contribution in [0.5, 0.6) is 0 Å². The molecule has 28 heavy (non-hydrogen) atoms. The number of rotatable bonds is 3. The zero-order valence-electron chi connectivity index (χ0n) is 15.5. The van der Waals surface area contributed by atoms with Gasteiger partial charge in [0.05, 0.1) is 6.20 Å². The van der Waals surface area contributed by atoms with Crippen LogP contribution in [0.1, 0.15) is 24.2 Å². The summed E-state index contributed by atoms with van der Waals surface area (Å²) in [6.07, 6.45) is 6.85. The van der Waals surface area contributed by atoms with Crippen molar-refractivity contribution in [2.45, 2.75) is 19.0 Å². The van der Waals surface area contributed by atoms with Gasteiger partial charge in [-0.25, -0.2) is 24.1 Å². The summed E-state index contributed by atoms with van der Waals surface area (Å²) in [7, 11) is 1.74. The fourth-order valence-electron chi connectivity index (χ4n) is 3.52. The standard InChI is InChI=1S/C20H20FN5O2/c1-24-16-12-22-17(8-7-14-5-4-6-15(21)11-14)23-19(16)26(18(24)13-27)20(28)25-9-2-3-10-25/h4-8,11-13,18H,2-3,9-10H2,1H3/b8-7+. The molecule has 3 heterocycles. The summed E-state index contributed by atoms with van der Waals surface area (Å²) < 4.78 is 13.3. The van der Waals surface area contributed by atoms with Gasteiger partial charge in [-0.05, 0) is 36.6 Å². The van der Waals surface area contributed by atoms with Crippen LogP contribution in [0.3, 0.4) is 0 Å². The molecule has 2 aromatic rings. The van der Waals surface area contributed by atoms with Gasteiger partial charge in [-0.2, -0.15) is 0 Å². The molecule has 0 spiro atoms. The third kappa shape index (κ3) is 3.21. The molecule has 0 radical (unpaired) electrons. The highest BCUT2D eigenvalue weighted by Crippen LogP contribution is 2.37.